The van der Waals surface area contributed by atoms with Crippen LogP contribution in [0.4, 0.5) is 0 Å². The van der Waals surface area contributed by atoms with Crippen LogP contribution in [0, 0.1) is 0 Å². The SMILES string of the molecule is O=C(CSc1ncc(-c2ccc(Cl)cc2)n1C1CCCC1)N1CCCCC1. The van der Waals surface area contributed by atoms with Gasteiger partial charge in [-0.25, -0.2) is 4.98 Å². The number of carbonyl (C=O) groups is 1. The van der Waals surface area contributed by atoms with Crippen LogP contribution in [-0.2, 0) is 4.79 Å². The molecule has 1 aromatic carbocycles. The Morgan fingerprint density at radius 1 is 1.07 bits per heavy atom. The van der Waals surface area contributed by atoms with Gasteiger partial charge in [0.25, 0.3) is 0 Å². The summed E-state index contributed by atoms with van der Waals surface area (Å²) in [6.07, 6.45) is 10.4. The first-order valence-corrected chi connectivity index (χ1v) is 11.3. The lowest BCUT2D eigenvalue weighted by Gasteiger charge is -2.26. The lowest BCUT2D eigenvalue weighted by molar-refractivity contribution is -0.129. The predicted octanol–water partition coefficient (Wildman–Crippen LogP) is 5.42. The maximum Gasteiger partial charge on any atom is 0.233 e. The summed E-state index contributed by atoms with van der Waals surface area (Å²) in [5, 5.41) is 1.71. The Kier molecular flexibility index (Phi) is 6.08. The number of nitrogens with zero attached hydrogens (tertiary/aromatic N) is 3. The second-order valence-corrected chi connectivity index (χ2v) is 8.85. The summed E-state index contributed by atoms with van der Waals surface area (Å²) < 4.78 is 2.37. The molecule has 1 aromatic heterocycles. The molecule has 4 rings (SSSR count). The van der Waals surface area contributed by atoms with Crippen molar-refractivity contribution in [1.82, 2.24) is 14.5 Å². The Hall–Kier alpha value is -1.46. The first-order valence-electron chi connectivity index (χ1n) is 9.96. The fourth-order valence-electron chi connectivity index (χ4n) is 4.16. The van der Waals surface area contributed by atoms with E-state index in [1.54, 1.807) is 11.8 Å². The van der Waals surface area contributed by atoms with Crippen LogP contribution < -0.4 is 0 Å². The molecule has 0 radical (unpaired) electrons. The monoisotopic (exact) mass is 403 g/mol. The second-order valence-electron chi connectivity index (χ2n) is 7.47. The van der Waals surface area contributed by atoms with Crippen LogP contribution in [0.3, 0.4) is 0 Å². The van der Waals surface area contributed by atoms with Crippen molar-refractivity contribution in [3.63, 3.8) is 0 Å². The van der Waals surface area contributed by atoms with Crippen molar-refractivity contribution in [1.29, 1.82) is 0 Å². The summed E-state index contributed by atoms with van der Waals surface area (Å²) in [6, 6.07) is 8.44. The molecule has 144 valence electrons. The molecular weight excluding hydrogens is 378 g/mol. The molecule has 1 saturated carbocycles. The Morgan fingerprint density at radius 3 is 2.48 bits per heavy atom. The minimum Gasteiger partial charge on any atom is -0.342 e. The number of aromatic nitrogens is 2. The maximum atomic E-state index is 12.6. The third-order valence-electron chi connectivity index (χ3n) is 5.63. The van der Waals surface area contributed by atoms with E-state index in [9.17, 15) is 4.79 Å². The molecule has 2 fully saturated rings. The van der Waals surface area contributed by atoms with Crippen molar-refractivity contribution in [2.45, 2.75) is 56.1 Å². The number of imidazole rings is 1. The number of hydrogen-bond acceptors (Lipinski definition) is 3. The summed E-state index contributed by atoms with van der Waals surface area (Å²) in [5.74, 6) is 0.720. The zero-order valence-electron chi connectivity index (χ0n) is 15.6. The quantitative estimate of drug-likeness (QED) is 0.625. The fraction of sp³-hybridized carbons (Fsp3) is 0.524. The third kappa shape index (κ3) is 4.35. The number of likely N-dealkylation sites (tertiary alicyclic amines) is 1. The van der Waals surface area contributed by atoms with Gasteiger partial charge in [-0.15, -0.1) is 0 Å². The van der Waals surface area contributed by atoms with Crippen molar-refractivity contribution in [3.8, 4) is 11.3 Å². The first kappa shape index (κ1) is 18.9. The number of piperidine rings is 1. The Bertz CT molecular complexity index is 777. The van der Waals surface area contributed by atoms with Crippen molar-refractivity contribution in [3.05, 3.63) is 35.5 Å². The third-order valence-corrected chi connectivity index (χ3v) is 6.83. The summed E-state index contributed by atoms with van der Waals surface area (Å²) in [5.41, 5.74) is 2.26. The Balaban J connectivity index is 1.54. The summed E-state index contributed by atoms with van der Waals surface area (Å²) in [7, 11) is 0. The molecule has 1 aliphatic carbocycles. The topological polar surface area (TPSA) is 38.1 Å². The van der Waals surface area contributed by atoms with Gasteiger partial charge < -0.3 is 9.47 Å². The molecule has 1 aliphatic heterocycles. The van der Waals surface area contributed by atoms with Gasteiger partial charge in [0.05, 0.1) is 17.6 Å². The van der Waals surface area contributed by atoms with Crippen molar-refractivity contribution in [2.75, 3.05) is 18.8 Å². The lowest BCUT2D eigenvalue weighted by Crippen LogP contribution is -2.36. The van der Waals surface area contributed by atoms with Crippen LogP contribution >= 0.6 is 23.4 Å². The highest BCUT2D eigenvalue weighted by atomic mass is 35.5. The van der Waals surface area contributed by atoms with E-state index in [1.807, 2.05) is 23.2 Å². The van der Waals surface area contributed by atoms with E-state index < -0.39 is 0 Å². The summed E-state index contributed by atoms with van der Waals surface area (Å²) in [4.78, 5) is 19.3. The van der Waals surface area contributed by atoms with E-state index in [0.29, 0.717) is 11.8 Å². The van der Waals surface area contributed by atoms with Crippen molar-refractivity contribution < 1.29 is 4.79 Å². The normalized spacial score (nSPS) is 18.2. The molecule has 1 saturated heterocycles. The molecule has 2 heterocycles. The van der Waals surface area contributed by atoms with Crippen LogP contribution in [0.2, 0.25) is 5.02 Å². The molecule has 0 unspecified atom stereocenters. The molecule has 0 spiro atoms. The molecule has 2 aliphatic rings. The van der Waals surface area contributed by atoms with Gasteiger partial charge >= 0.3 is 0 Å². The highest BCUT2D eigenvalue weighted by Gasteiger charge is 2.25. The smallest absolute Gasteiger partial charge is 0.233 e. The molecule has 0 atom stereocenters. The predicted molar refractivity (Wildman–Crippen MR) is 111 cm³/mol. The number of benzene rings is 1. The molecule has 0 bridgehead atoms. The van der Waals surface area contributed by atoms with E-state index in [2.05, 4.69) is 16.7 Å². The van der Waals surface area contributed by atoms with E-state index in [-0.39, 0.29) is 5.91 Å². The van der Waals surface area contributed by atoms with Crippen LogP contribution in [-0.4, -0.2) is 39.2 Å². The van der Waals surface area contributed by atoms with Gasteiger partial charge in [-0.05, 0) is 49.8 Å². The number of carbonyl (C=O) groups excluding carboxylic acids is 1. The molecule has 0 N–H and O–H groups in total. The van der Waals surface area contributed by atoms with Gasteiger partial charge in [-0.2, -0.15) is 0 Å². The minimum atomic E-state index is 0.244. The van der Waals surface area contributed by atoms with Crippen LogP contribution in [0.1, 0.15) is 51.0 Å². The Morgan fingerprint density at radius 2 is 1.78 bits per heavy atom. The Labute approximate surface area is 170 Å². The molecule has 6 heteroatoms. The van der Waals surface area contributed by atoms with E-state index in [0.717, 1.165) is 47.4 Å². The maximum absolute atomic E-state index is 12.6. The zero-order valence-corrected chi connectivity index (χ0v) is 17.1. The molecule has 2 aromatic rings. The van der Waals surface area contributed by atoms with Crippen LogP contribution in [0.15, 0.2) is 35.6 Å². The molecule has 27 heavy (non-hydrogen) atoms. The van der Waals surface area contributed by atoms with Gasteiger partial charge in [-0.3, -0.25) is 4.79 Å². The average molecular weight is 404 g/mol. The minimum absolute atomic E-state index is 0.244. The standard InChI is InChI=1S/C21H26ClN3OS/c22-17-10-8-16(9-11-17)19-14-23-21(25(19)18-6-2-3-7-18)27-15-20(26)24-12-4-1-5-13-24/h8-11,14,18H,1-7,12-13,15H2. The van der Waals surface area contributed by atoms with Crippen LogP contribution in [0.25, 0.3) is 11.3 Å². The van der Waals surface area contributed by atoms with Crippen LogP contribution in [0.5, 0.6) is 0 Å². The number of halogens is 1. The van der Waals surface area contributed by atoms with Gasteiger partial charge in [0.1, 0.15) is 0 Å². The number of rotatable bonds is 5. The average Bonchev–Trinajstić information content (AvgIpc) is 3.37. The highest BCUT2D eigenvalue weighted by Crippen LogP contribution is 2.37. The summed E-state index contributed by atoms with van der Waals surface area (Å²) in [6.45, 7) is 1.82. The van der Waals surface area contributed by atoms with E-state index in [1.165, 1.54) is 32.1 Å². The molecular formula is C21H26ClN3OS. The zero-order chi connectivity index (χ0) is 18.6. The van der Waals surface area contributed by atoms with E-state index in [4.69, 9.17) is 16.6 Å². The highest BCUT2D eigenvalue weighted by molar-refractivity contribution is 7.99. The van der Waals surface area contributed by atoms with Gasteiger partial charge in [-0.1, -0.05) is 48.3 Å². The molecule has 4 nitrogen and oxygen atoms in total. The first-order chi connectivity index (χ1) is 13.2. The number of amides is 1. The van der Waals surface area contributed by atoms with Gasteiger partial charge in [0.15, 0.2) is 5.16 Å². The van der Waals surface area contributed by atoms with Gasteiger partial charge in [0.2, 0.25) is 5.91 Å². The van der Waals surface area contributed by atoms with Crippen molar-refractivity contribution in [2.24, 2.45) is 0 Å². The largest absolute Gasteiger partial charge is 0.342 e. The van der Waals surface area contributed by atoms with Crippen molar-refractivity contribution >= 4 is 29.3 Å². The second kappa shape index (κ2) is 8.70. The summed E-state index contributed by atoms with van der Waals surface area (Å²) >= 11 is 7.65. The number of hydrogen-bond donors (Lipinski definition) is 0. The fourth-order valence-corrected chi connectivity index (χ4v) is 5.24. The van der Waals surface area contributed by atoms with E-state index >= 15 is 0 Å². The van der Waals surface area contributed by atoms with Gasteiger partial charge in [0, 0.05) is 24.2 Å². The molecule has 1 amide bonds. The number of thioether (sulfide) groups is 1. The lowest BCUT2D eigenvalue weighted by atomic mass is 10.1.